The third-order valence-electron chi connectivity index (χ3n) is 2.89. The summed E-state index contributed by atoms with van der Waals surface area (Å²) in [6.07, 6.45) is 3.36. The summed E-state index contributed by atoms with van der Waals surface area (Å²) >= 11 is 0. The molecule has 1 aliphatic heterocycles. The van der Waals surface area contributed by atoms with Gasteiger partial charge in [-0.1, -0.05) is 6.92 Å². The molecule has 2 fully saturated rings. The number of rotatable bonds is 2. The lowest BCUT2D eigenvalue weighted by Crippen LogP contribution is -2.45. The van der Waals surface area contributed by atoms with Crippen molar-refractivity contribution in [2.24, 2.45) is 0 Å². The fourth-order valence-corrected chi connectivity index (χ4v) is 1.89. The minimum Gasteiger partial charge on any atom is -0.344 e. The van der Waals surface area contributed by atoms with Crippen LogP contribution in [-0.4, -0.2) is 35.3 Å². The molecule has 1 atom stereocenters. The molecule has 0 aromatic rings. The SMILES string of the molecule is CCC1NC(=O)CCN(C2CC2)C1=O. The second kappa shape index (κ2) is 3.59. The molecule has 2 rings (SSSR count). The van der Waals surface area contributed by atoms with Crippen LogP contribution in [0.25, 0.3) is 0 Å². The maximum Gasteiger partial charge on any atom is 0.245 e. The number of hydrogen-bond acceptors (Lipinski definition) is 2. The molecule has 14 heavy (non-hydrogen) atoms. The lowest BCUT2D eigenvalue weighted by molar-refractivity contribution is -0.134. The van der Waals surface area contributed by atoms with Crippen LogP contribution in [0, 0.1) is 0 Å². The monoisotopic (exact) mass is 196 g/mol. The van der Waals surface area contributed by atoms with Crippen molar-refractivity contribution in [1.29, 1.82) is 0 Å². The van der Waals surface area contributed by atoms with E-state index in [1.165, 1.54) is 0 Å². The molecule has 4 nitrogen and oxygen atoms in total. The quantitative estimate of drug-likeness (QED) is 0.689. The van der Waals surface area contributed by atoms with Crippen molar-refractivity contribution in [2.75, 3.05) is 6.54 Å². The van der Waals surface area contributed by atoms with E-state index in [1.54, 1.807) is 0 Å². The summed E-state index contributed by atoms with van der Waals surface area (Å²) in [4.78, 5) is 25.1. The minimum atomic E-state index is -0.286. The zero-order chi connectivity index (χ0) is 10.1. The molecule has 0 spiro atoms. The summed E-state index contributed by atoms with van der Waals surface area (Å²) in [5, 5.41) is 2.76. The summed E-state index contributed by atoms with van der Waals surface area (Å²) in [6.45, 7) is 2.53. The van der Waals surface area contributed by atoms with E-state index in [2.05, 4.69) is 5.32 Å². The van der Waals surface area contributed by atoms with Gasteiger partial charge in [-0.15, -0.1) is 0 Å². The zero-order valence-corrected chi connectivity index (χ0v) is 8.45. The van der Waals surface area contributed by atoms with E-state index in [0.29, 0.717) is 25.4 Å². The van der Waals surface area contributed by atoms with Crippen LogP contribution in [0.4, 0.5) is 0 Å². The fraction of sp³-hybridized carbons (Fsp3) is 0.800. The highest BCUT2D eigenvalue weighted by Gasteiger charge is 2.37. The zero-order valence-electron chi connectivity index (χ0n) is 8.45. The summed E-state index contributed by atoms with van der Waals surface area (Å²) < 4.78 is 0. The third-order valence-corrected chi connectivity index (χ3v) is 2.89. The first-order valence-electron chi connectivity index (χ1n) is 5.32. The van der Waals surface area contributed by atoms with Crippen LogP contribution >= 0.6 is 0 Å². The third kappa shape index (κ3) is 1.74. The fourth-order valence-electron chi connectivity index (χ4n) is 1.89. The van der Waals surface area contributed by atoms with E-state index in [4.69, 9.17) is 0 Å². The lowest BCUT2D eigenvalue weighted by Gasteiger charge is -2.22. The van der Waals surface area contributed by atoms with Gasteiger partial charge in [-0.25, -0.2) is 0 Å². The predicted molar refractivity (Wildman–Crippen MR) is 51.6 cm³/mol. The Morgan fingerprint density at radius 1 is 1.43 bits per heavy atom. The van der Waals surface area contributed by atoms with Crippen molar-refractivity contribution in [2.45, 2.75) is 44.7 Å². The Hall–Kier alpha value is -1.06. The smallest absolute Gasteiger partial charge is 0.245 e. The van der Waals surface area contributed by atoms with Crippen molar-refractivity contribution >= 4 is 11.8 Å². The van der Waals surface area contributed by atoms with Gasteiger partial charge >= 0.3 is 0 Å². The first-order valence-corrected chi connectivity index (χ1v) is 5.32. The number of nitrogens with zero attached hydrogens (tertiary/aromatic N) is 1. The summed E-state index contributed by atoms with van der Waals surface area (Å²) in [6, 6.07) is 0.134. The first-order chi connectivity index (χ1) is 6.72. The van der Waals surface area contributed by atoms with Gasteiger partial charge < -0.3 is 10.2 Å². The van der Waals surface area contributed by atoms with Crippen molar-refractivity contribution in [1.82, 2.24) is 10.2 Å². The van der Waals surface area contributed by atoms with Crippen LogP contribution in [0.3, 0.4) is 0 Å². The lowest BCUT2D eigenvalue weighted by atomic mass is 10.2. The van der Waals surface area contributed by atoms with Gasteiger partial charge in [0.15, 0.2) is 0 Å². The molecule has 0 radical (unpaired) electrons. The van der Waals surface area contributed by atoms with Crippen molar-refractivity contribution in [3.05, 3.63) is 0 Å². The minimum absolute atomic E-state index is 0.00773. The van der Waals surface area contributed by atoms with Gasteiger partial charge in [0, 0.05) is 19.0 Å². The van der Waals surface area contributed by atoms with Gasteiger partial charge in [-0.3, -0.25) is 9.59 Å². The number of nitrogens with one attached hydrogen (secondary N) is 1. The van der Waals surface area contributed by atoms with Crippen molar-refractivity contribution < 1.29 is 9.59 Å². The molecule has 1 unspecified atom stereocenters. The van der Waals surface area contributed by atoms with E-state index in [-0.39, 0.29) is 17.9 Å². The van der Waals surface area contributed by atoms with Gasteiger partial charge in [-0.2, -0.15) is 0 Å². The average molecular weight is 196 g/mol. The Kier molecular flexibility index (Phi) is 2.44. The number of carbonyl (C=O) groups is 2. The van der Waals surface area contributed by atoms with Crippen molar-refractivity contribution in [3.63, 3.8) is 0 Å². The topological polar surface area (TPSA) is 49.4 Å². The average Bonchev–Trinajstić information content (AvgIpc) is 2.96. The molecule has 1 heterocycles. The van der Waals surface area contributed by atoms with Gasteiger partial charge in [0.1, 0.15) is 6.04 Å². The largest absolute Gasteiger partial charge is 0.344 e. The summed E-state index contributed by atoms with van der Waals surface area (Å²) in [7, 11) is 0. The molecule has 0 aromatic heterocycles. The molecule has 2 aliphatic rings. The van der Waals surface area contributed by atoms with E-state index in [0.717, 1.165) is 12.8 Å². The van der Waals surface area contributed by atoms with Gasteiger partial charge in [0.2, 0.25) is 11.8 Å². The Morgan fingerprint density at radius 3 is 2.71 bits per heavy atom. The van der Waals surface area contributed by atoms with E-state index in [9.17, 15) is 9.59 Å². The molecule has 1 saturated carbocycles. The van der Waals surface area contributed by atoms with E-state index in [1.807, 2.05) is 11.8 Å². The number of carbonyl (C=O) groups excluding carboxylic acids is 2. The molecule has 0 aromatic carbocycles. The second-order valence-electron chi connectivity index (χ2n) is 4.04. The van der Waals surface area contributed by atoms with Gasteiger partial charge in [-0.05, 0) is 19.3 Å². The maximum atomic E-state index is 11.9. The van der Waals surface area contributed by atoms with Gasteiger partial charge in [0.25, 0.3) is 0 Å². The van der Waals surface area contributed by atoms with Crippen LogP contribution in [0.15, 0.2) is 0 Å². The molecule has 78 valence electrons. The van der Waals surface area contributed by atoms with E-state index < -0.39 is 0 Å². The standard InChI is InChI=1S/C10H16N2O2/c1-2-8-10(14)12(7-3-4-7)6-5-9(13)11-8/h7-8H,2-6H2,1H3,(H,11,13). The van der Waals surface area contributed by atoms with Crippen LogP contribution in [0.2, 0.25) is 0 Å². The Labute approximate surface area is 83.6 Å². The highest BCUT2D eigenvalue weighted by molar-refractivity contribution is 5.90. The molecule has 4 heteroatoms. The highest BCUT2D eigenvalue weighted by Crippen LogP contribution is 2.28. The van der Waals surface area contributed by atoms with Gasteiger partial charge in [0.05, 0.1) is 0 Å². The molecule has 2 amide bonds. The summed E-state index contributed by atoms with van der Waals surface area (Å²) in [5.41, 5.74) is 0. The predicted octanol–water partition coefficient (Wildman–Crippen LogP) is 0.276. The Bertz CT molecular complexity index is 261. The molecular weight excluding hydrogens is 180 g/mol. The van der Waals surface area contributed by atoms with Crippen LogP contribution in [0.5, 0.6) is 0 Å². The molecule has 1 N–H and O–H groups in total. The molecule has 1 aliphatic carbocycles. The first kappa shape index (κ1) is 9.49. The molecule has 0 bridgehead atoms. The van der Waals surface area contributed by atoms with Crippen LogP contribution in [-0.2, 0) is 9.59 Å². The highest BCUT2D eigenvalue weighted by atomic mass is 16.2. The molecule has 1 saturated heterocycles. The summed E-state index contributed by atoms with van der Waals surface area (Å²) in [5.74, 6) is 0.120. The van der Waals surface area contributed by atoms with Crippen LogP contribution < -0.4 is 5.32 Å². The second-order valence-corrected chi connectivity index (χ2v) is 4.04. The normalized spacial score (nSPS) is 28.6. The molecular formula is C10H16N2O2. The number of amides is 2. The Morgan fingerprint density at radius 2 is 2.14 bits per heavy atom. The number of hydrogen-bond donors (Lipinski definition) is 1. The maximum absolute atomic E-state index is 11.9. The van der Waals surface area contributed by atoms with E-state index >= 15 is 0 Å². The van der Waals surface area contributed by atoms with Crippen molar-refractivity contribution in [3.8, 4) is 0 Å². The Balaban J connectivity index is 2.10. The van der Waals surface area contributed by atoms with Crippen LogP contribution in [0.1, 0.15) is 32.6 Å².